The van der Waals surface area contributed by atoms with Gasteiger partial charge in [-0.15, -0.1) is 0 Å². The van der Waals surface area contributed by atoms with Crippen molar-refractivity contribution in [3.63, 3.8) is 0 Å². The Morgan fingerprint density at radius 2 is 1.56 bits per heavy atom. The van der Waals surface area contributed by atoms with Gasteiger partial charge in [-0.3, -0.25) is 14.0 Å². The number of anilines is 1. The Kier molecular flexibility index (Phi) is 21.8. The molecule has 0 amide bonds. The van der Waals surface area contributed by atoms with Gasteiger partial charge >= 0.3 is 7.82 Å². The maximum absolute atomic E-state index is 13.0. The highest BCUT2D eigenvalue weighted by Gasteiger charge is 2.31. The molecular weight excluding hydrogens is 709 g/mol. The molecule has 0 fully saturated rings. The summed E-state index contributed by atoms with van der Waals surface area (Å²) in [4.78, 5) is 22.8. The maximum atomic E-state index is 13.0. The monoisotopic (exact) mass is 773 g/mol. The molecule has 302 valence electrons. The Morgan fingerprint density at radius 1 is 0.907 bits per heavy atom. The van der Waals surface area contributed by atoms with Gasteiger partial charge in [-0.1, -0.05) is 103 Å². The first-order chi connectivity index (χ1) is 26.2. The predicted octanol–water partition coefficient (Wildman–Crippen LogP) is 8.31. The Bertz CT molecular complexity index is 1540. The first-order valence-electron chi connectivity index (χ1n) is 19.8. The molecule has 3 rings (SSSR count). The molecule has 0 aromatic carbocycles. The molecule has 0 radical (unpaired) electrons. The molecule has 1 unspecified atom stereocenters. The highest BCUT2D eigenvalue weighted by Crippen LogP contribution is 2.44. The summed E-state index contributed by atoms with van der Waals surface area (Å²) in [6.45, 7) is 4.36. The highest BCUT2D eigenvalue weighted by atomic mass is 31.2. The maximum Gasteiger partial charge on any atom is 0.472 e. The van der Waals surface area contributed by atoms with Crippen molar-refractivity contribution in [2.24, 2.45) is 0 Å². The largest absolute Gasteiger partial charge is 0.472 e. The van der Waals surface area contributed by atoms with Gasteiger partial charge in [0.15, 0.2) is 11.5 Å². The fraction of sp³-hybridized carbons (Fsp3) is 0.718. The van der Waals surface area contributed by atoms with Crippen LogP contribution in [0.25, 0.3) is 5.52 Å². The van der Waals surface area contributed by atoms with Crippen LogP contribution in [0.5, 0.6) is 0 Å². The summed E-state index contributed by atoms with van der Waals surface area (Å²) in [6.07, 6.45) is 25.3. The number of phosphoric ester groups is 1. The van der Waals surface area contributed by atoms with Crippen molar-refractivity contribution in [3.05, 3.63) is 47.9 Å². The van der Waals surface area contributed by atoms with E-state index in [0.29, 0.717) is 36.5 Å². The Hall–Kier alpha value is -3.02. The van der Waals surface area contributed by atoms with Gasteiger partial charge in [0.05, 0.1) is 50.1 Å². The highest BCUT2D eigenvalue weighted by molar-refractivity contribution is 7.47. The third-order valence-electron chi connectivity index (χ3n) is 9.65. The SMILES string of the molecule is CCCCCCCCCCCCCCCCCCOC[C@@H](COP(=O)(O)OC[C@](C)(CCc1ccc2c(N)ncnn12)OC)OCc1cnc(C#N)cn1. The third-order valence-corrected chi connectivity index (χ3v) is 10.6. The number of nitrogens with zero attached hydrogens (tertiary/aromatic N) is 6. The number of nitriles is 1. The van der Waals surface area contributed by atoms with E-state index in [2.05, 4.69) is 27.0 Å². The molecule has 3 aromatic rings. The van der Waals surface area contributed by atoms with Crippen molar-refractivity contribution in [1.29, 1.82) is 5.26 Å². The number of hydrogen-bond acceptors (Lipinski definition) is 12. The lowest BCUT2D eigenvalue weighted by Gasteiger charge is -2.29. The summed E-state index contributed by atoms with van der Waals surface area (Å²) in [5.74, 6) is 0.380. The van der Waals surface area contributed by atoms with E-state index in [1.165, 1.54) is 116 Å². The molecule has 15 heteroatoms. The van der Waals surface area contributed by atoms with Gasteiger partial charge in [-0.25, -0.2) is 19.0 Å². The summed E-state index contributed by atoms with van der Waals surface area (Å²) in [5.41, 5.74) is 7.34. The predicted molar refractivity (Wildman–Crippen MR) is 209 cm³/mol. The van der Waals surface area contributed by atoms with E-state index >= 15 is 0 Å². The van der Waals surface area contributed by atoms with Crippen LogP contribution in [-0.2, 0) is 40.9 Å². The van der Waals surface area contributed by atoms with Crippen molar-refractivity contribution in [2.45, 2.75) is 148 Å². The van der Waals surface area contributed by atoms with Gasteiger partial charge in [0.25, 0.3) is 0 Å². The normalized spacial score (nSPS) is 14.5. The van der Waals surface area contributed by atoms with Gasteiger partial charge in [0, 0.05) is 19.4 Å². The van der Waals surface area contributed by atoms with Crippen molar-refractivity contribution in [3.8, 4) is 6.07 Å². The van der Waals surface area contributed by atoms with Crippen LogP contribution in [0.1, 0.15) is 140 Å². The summed E-state index contributed by atoms with van der Waals surface area (Å²) >= 11 is 0. The molecule has 0 spiro atoms. The summed E-state index contributed by atoms with van der Waals surface area (Å²) in [5, 5.41) is 13.3. The lowest BCUT2D eigenvalue weighted by atomic mass is 10.00. The van der Waals surface area contributed by atoms with Crippen LogP contribution in [0.3, 0.4) is 0 Å². The number of nitrogens with two attached hydrogens (primary N) is 1. The average Bonchev–Trinajstić information content (AvgIpc) is 3.61. The molecule has 3 heterocycles. The number of phosphoric acid groups is 1. The standard InChI is InChI=1S/C39H64N7O7P/c1-4-5-6-7-8-9-10-11-12-13-14-15-16-17-18-19-24-50-29-36(51-28-34-27-42-33(25-40)26-43-34)30-52-54(47,48)53-31-39(2,49-3)23-22-35-20-21-37-38(41)44-32-45-46(35)37/h20-21,26-27,32,36H,4-19,22-24,28-31H2,1-3H3,(H,47,48)(H2,41,44,45)/t36-,39-/m0/s1. The number of ether oxygens (including phenoxy) is 3. The first kappa shape index (κ1) is 45.4. The molecule has 0 aliphatic heterocycles. The molecular formula is C39H64N7O7P. The van der Waals surface area contributed by atoms with E-state index in [0.717, 1.165) is 18.5 Å². The molecule has 0 aliphatic carbocycles. The van der Waals surface area contributed by atoms with Crippen molar-refractivity contribution in [1.82, 2.24) is 24.6 Å². The minimum atomic E-state index is -4.49. The van der Waals surface area contributed by atoms with E-state index < -0.39 is 19.5 Å². The zero-order valence-corrected chi connectivity index (χ0v) is 33.7. The molecule has 0 aliphatic rings. The van der Waals surface area contributed by atoms with Gasteiger partial charge in [0.2, 0.25) is 0 Å². The molecule has 3 N–H and O–H groups in total. The van der Waals surface area contributed by atoms with Crippen LogP contribution in [0, 0.1) is 11.3 Å². The van der Waals surface area contributed by atoms with Gasteiger partial charge in [0.1, 0.15) is 24.0 Å². The smallest absolute Gasteiger partial charge is 0.382 e. The fourth-order valence-electron chi connectivity index (χ4n) is 6.06. The van der Waals surface area contributed by atoms with Crippen molar-refractivity contribution in [2.75, 3.05) is 39.3 Å². The Labute approximate surface area is 322 Å². The summed E-state index contributed by atoms with van der Waals surface area (Å²) in [7, 11) is -2.97. The Balaban J connectivity index is 1.35. The number of rotatable bonds is 32. The molecule has 3 aromatic heterocycles. The number of aryl methyl sites for hydroxylation is 1. The number of hydrogen-bond donors (Lipinski definition) is 2. The zero-order valence-electron chi connectivity index (χ0n) is 32.8. The minimum Gasteiger partial charge on any atom is -0.382 e. The lowest BCUT2D eigenvalue weighted by molar-refractivity contribution is -0.0620. The second-order valence-electron chi connectivity index (χ2n) is 14.3. The van der Waals surface area contributed by atoms with Crippen LogP contribution < -0.4 is 5.73 Å². The third kappa shape index (κ3) is 18.1. The topological polar surface area (TPSA) is 189 Å². The molecule has 0 saturated heterocycles. The summed E-state index contributed by atoms with van der Waals surface area (Å²) in [6, 6.07) is 5.69. The van der Waals surface area contributed by atoms with Crippen LogP contribution in [0.15, 0.2) is 30.9 Å². The molecule has 14 nitrogen and oxygen atoms in total. The van der Waals surface area contributed by atoms with Gasteiger partial charge in [-0.2, -0.15) is 10.4 Å². The fourth-order valence-corrected chi connectivity index (χ4v) is 6.92. The van der Waals surface area contributed by atoms with E-state index in [1.807, 2.05) is 18.2 Å². The van der Waals surface area contributed by atoms with E-state index in [-0.39, 0.29) is 32.1 Å². The van der Waals surface area contributed by atoms with E-state index in [9.17, 15) is 9.46 Å². The van der Waals surface area contributed by atoms with Gasteiger partial charge in [-0.05, 0) is 38.3 Å². The first-order valence-corrected chi connectivity index (χ1v) is 21.3. The lowest BCUT2D eigenvalue weighted by Crippen LogP contribution is -2.34. The second kappa shape index (κ2) is 25.9. The van der Waals surface area contributed by atoms with E-state index in [4.69, 9.17) is 34.3 Å². The quantitative estimate of drug-likeness (QED) is 0.0456. The van der Waals surface area contributed by atoms with Crippen molar-refractivity contribution < 1.29 is 32.7 Å². The minimum absolute atomic E-state index is 0.0540. The Morgan fingerprint density at radius 3 is 2.15 bits per heavy atom. The van der Waals surface area contributed by atoms with E-state index in [1.54, 1.807) is 11.4 Å². The number of unbranched alkanes of at least 4 members (excludes halogenated alkanes) is 15. The number of methoxy groups -OCH3 is 1. The molecule has 0 saturated carbocycles. The number of aromatic nitrogens is 5. The summed E-state index contributed by atoms with van der Waals surface area (Å²) < 4.78 is 43.0. The molecule has 54 heavy (non-hydrogen) atoms. The molecule has 0 bridgehead atoms. The number of nitrogen functional groups attached to an aromatic ring is 1. The zero-order chi connectivity index (χ0) is 38.9. The van der Waals surface area contributed by atoms with Gasteiger partial charge < -0.3 is 24.8 Å². The number of fused-ring (bicyclic) bond motifs is 1. The van der Waals surface area contributed by atoms with Crippen LogP contribution in [0.4, 0.5) is 5.82 Å². The van der Waals surface area contributed by atoms with Crippen molar-refractivity contribution >= 4 is 19.2 Å². The second-order valence-corrected chi connectivity index (χ2v) is 15.7. The van der Waals surface area contributed by atoms with Crippen LogP contribution in [0.2, 0.25) is 0 Å². The van der Waals surface area contributed by atoms with Crippen LogP contribution >= 0.6 is 7.82 Å². The van der Waals surface area contributed by atoms with Crippen LogP contribution in [-0.4, -0.2) is 74.7 Å². The average molecular weight is 774 g/mol. The molecule has 3 atom stereocenters.